The number of halogens is 1. The van der Waals surface area contributed by atoms with Gasteiger partial charge in [-0.25, -0.2) is 0 Å². The Morgan fingerprint density at radius 3 is 2.52 bits per heavy atom. The SMILES string of the molecule is CC(C)OCc1ccc(CNC(=O)c2cc(Br)c[nH]2)cc1. The minimum absolute atomic E-state index is 0.118. The summed E-state index contributed by atoms with van der Waals surface area (Å²) < 4.78 is 6.41. The molecule has 0 fully saturated rings. The van der Waals surface area contributed by atoms with Gasteiger partial charge in [-0.05, 0) is 47.0 Å². The Kier molecular flexibility index (Phi) is 5.59. The van der Waals surface area contributed by atoms with Crippen LogP contribution in [0, 0.1) is 0 Å². The van der Waals surface area contributed by atoms with Crippen molar-refractivity contribution in [1.82, 2.24) is 10.3 Å². The normalized spacial score (nSPS) is 10.9. The van der Waals surface area contributed by atoms with Crippen LogP contribution in [0.2, 0.25) is 0 Å². The van der Waals surface area contributed by atoms with Gasteiger partial charge in [0, 0.05) is 17.2 Å². The van der Waals surface area contributed by atoms with E-state index < -0.39 is 0 Å². The molecule has 1 aromatic carbocycles. The first-order valence-corrected chi connectivity index (χ1v) is 7.65. The third kappa shape index (κ3) is 5.02. The molecule has 2 rings (SSSR count). The molecule has 1 heterocycles. The van der Waals surface area contributed by atoms with Crippen LogP contribution in [0.15, 0.2) is 41.0 Å². The van der Waals surface area contributed by atoms with E-state index in [2.05, 4.69) is 26.2 Å². The summed E-state index contributed by atoms with van der Waals surface area (Å²) in [4.78, 5) is 14.8. The zero-order chi connectivity index (χ0) is 15.2. The van der Waals surface area contributed by atoms with Crippen molar-refractivity contribution in [2.75, 3.05) is 0 Å². The van der Waals surface area contributed by atoms with Crippen molar-refractivity contribution in [1.29, 1.82) is 0 Å². The van der Waals surface area contributed by atoms with Crippen molar-refractivity contribution in [3.05, 3.63) is 57.8 Å². The summed E-state index contributed by atoms with van der Waals surface area (Å²) in [5.41, 5.74) is 2.73. The number of carbonyl (C=O) groups is 1. The smallest absolute Gasteiger partial charge is 0.267 e. The van der Waals surface area contributed by atoms with E-state index in [1.807, 2.05) is 38.1 Å². The largest absolute Gasteiger partial charge is 0.374 e. The van der Waals surface area contributed by atoms with E-state index in [4.69, 9.17) is 4.74 Å². The summed E-state index contributed by atoms with van der Waals surface area (Å²) in [6, 6.07) is 9.81. The quantitative estimate of drug-likeness (QED) is 0.835. The lowest BCUT2D eigenvalue weighted by atomic mass is 10.1. The van der Waals surface area contributed by atoms with E-state index in [0.29, 0.717) is 18.8 Å². The summed E-state index contributed by atoms with van der Waals surface area (Å²) in [5, 5.41) is 2.88. The van der Waals surface area contributed by atoms with Crippen LogP contribution < -0.4 is 5.32 Å². The van der Waals surface area contributed by atoms with Crippen LogP contribution in [0.3, 0.4) is 0 Å². The molecule has 0 unspecified atom stereocenters. The van der Waals surface area contributed by atoms with Crippen LogP contribution in [0.1, 0.15) is 35.5 Å². The first kappa shape index (κ1) is 15.8. The van der Waals surface area contributed by atoms with Gasteiger partial charge in [-0.2, -0.15) is 0 Å². The van der Waals surface area contributed by atoms with Crippen molar-refractivity contribution in [3.8, 4) is 0 Å². The zero-order valence-electron chi connectivity index (χ0n) is 12.2. The molecule has 0 bridgehead atoms. The molecular formula is C16H19BrN2O2. The Bertz CT molecular complexity index is 591. The van der Waals surface area contributed by atoms with Gasteiger partial charge in [-0.15, -0.1) is 0 Å². The highest BCUT2D eigenvalue weighted by Gasteiger charge is 2.07. The lowest BCUT2D eigenvalue weighted by Crippen LogP contribution is -2.23. The topological polar surface area (TPSA) is 54.1 Å². The van der Waals surface area contributed by atoms with Crippen molar-refractivity contribution >= 4 is 21.8 Å². The van der Waals surface area contributed by atoms with Gasteiger partial charge >= 0.3 is 0 Å². The summed E-state index contributed by atoms with van der Waals surface area (Å²) in [7, 11) is 0. The Labute approximate surface area is 133 Å². The van der Waals surface area contributed by atoms with Gasteiger partial charge in [0.25, 0.3) is 5.91 Å². The minimum atomic E-state index is -0.118. The van der Waals surface area contributed by atoms with E-state index in [-0.39, 0.29) is 12.0 Å². The lowest BCUT2D eigenvalue weighted by molar-refractivity contribution is 0.0657. The molecule has 1 amide bonds. The van der Waals surface area contributed by atoms with E-state index in [0.717, 1.165) is 15.6 Å². The number of nitrogens with one attached hydrogen (secondary N) is 2. The summed E-state index contributed by atoms with van der Waals surface area (Å²) >= 11 is 3.31. The molecule has 0 spiro atoms. The molecule has 0 radical (unpaired) electrons. The number of amides is 1. The van der Waals surface area contributed by atoms with Crippen LogP contribution in [-0.2, 0) is 17.9 Å². The molecule has 2 aromatic rings. The molecule has 112 valence electrons. The number of hydrogen-bond acceptors (Lipinski definition) is 2. The van der Waals surface area contributed by atoms with E-state index in [1.165, 1.54) is 0 Å². The van der Waals surface area contributed by atoms with Crippen LogP contribution in [-0.4, -0.2) is 17.0 Å². The fourth-order valence-electron chi connectivity index (χ4n) is 1.79. The Morgan fingerprint density at radius 1 is 1.29 bits per heavy atom. The first-order valence-electron chi connectivity index (χ1n) is 6.86. The second-order valence-corrected chi connectivity index (χ2v) is 6.01. The van der Waals surface area contributed by atoms with Crippen LogP contribution >= 0.6 is 15.9 Å². The Morgan fingerprint density at radius 2 is 1.95 bits per heavy atom. The number of H-pyrrole nitrogens is 1. The van der Waals surface area contributed by atoms with Gasteiger partial charge in [-0.1, -0.05) is 24.3 Å². The van der Waals surface area contributed by atoms with Gasteiger partial charge in [0.15, 0.2) is 0 Å². The standard InChI is InChI=1S/C16H19BrN2O2/c1-11(2)21-10-13-5-3-12(4-6-13)8-19-16(20)15-7-14(17)9-18-15/h3-7,9,11,18H,8,10H2,1-2H3,(H,19,20). The maximum Gasteiger partial charge on any atom is 0.267 e. The molecule has 0 aliphatic rings. The molecule has 21 heavy (non-hydrogen) atoms. The van der Waals surface area contributed by atoms with Gasteiger partial charge < -0.3 is 15.0 Å². The highest BCUT2D eigenvalue weighted by Crippen LogP contribution is 2.11. The van der Waals surface area contributed by atoms with E-state index in [1.54, 1.807) is 12.3 Å². The maximum absolute atomic E-state index is 11.9. The molecule has 0 saturated carbocycles. The molecule has 1 aromatic heterocycles. The number of rotatable bonds is 6. The number of benzene rings is 1. The highest BCUT2D eigenvalue weighted by molar-refractivity contribution is 9.10. The third-order valence-electron chi connectivity index (χ3n) is 2.95. The molecular weight excluding hydrogens is 332 g/mol. The monoisotopic (exact) mass is 350 g/mol. The molecule has 0 aliphatic carbocycles. The van der Waals surface area contributed by atoms with Crippen molar-refractivity contribution in [2.24, 2.45) is 0 Å². The fourth-order valence-corrected chi connectivity index (χ4v) is 2.14. The van der Waals surface area contributed by atoms with E-state index >= 15 is 0 Å². The van der Waals surface area contributed by atoms with Crippen LogP contribution in [0.25, 0.3) is 0 Å². The summed E-state index contributed by atoms with van der Waals surface area (Å²) in [6.45, 7) is 5.15. The first-order chi connectivity index (χ1) is 10.0. The predicted octanol–water partition coefficient (Wildman–Crippen LogP) is 3.63. The van der Waals surface area contributed by atoms with Gasteiger partial charge in [-0.3, -0.25) is 4.79 Å². The van der Waals surface area contributed by atoms with Crippen molar-refractivity contribution in [2.45, 2.75) is 33.1 Å². The van der Waals surface area contributed by atoms with Gasteiger partial charge in [0.2, 0.25) is 0 Å². The Hall–Kier alpha value is -1.59. The summed E-state index contributed by atoms with van der Waals surface area (Å²) in [5.74, 6) is -0.118. The second kappa shape index (κ2) is 7.43. The molecule has 0 aliphatic heterocycles. The number of ether oxygens (including phenoxy) is 1. The third-order valence-corrected chi connectivity index (χ3v) is 3.41. The zero-order valence-corrected chi connectivity index (χ0v) is 13.7. The minimum Gasteiger partial charge on any atom is -0.374 e. The lowest BCUT2D eigenvalue weighted by Gasteiger charge is -2.08. The van der Waals surface area contributed by atoms with E-state index in [9.17, 15) is 4.79 Å². The average molecular weight is 351 g/mol. The second-order valence-electron chi connectivity index (χ2n) is 5.09. The van der Waals surface area contributed by atoms with Crippen LogP contribution in [0.5, 0.6) is 0 Å². The fraction of sp³-hybridized carbons (Fsp3) is 0.312. The number of carbonyl (C=O) groups excluding carboxylic acids is 1. The van der Waals surface area contributed by atoms with Gasteiger partial charge in [0.1, 0.15) is 5.69 Å². The summed E-state index contributed by atoms with van der Waals surface area (Å²) in [6.07, 6.45) is 1.96. The highest BCUT2D eigenvalue weighted by atomic mass is 79.9. The number of aromatic nitrogens is 1. The molecule has 5 heteroatoms. The molecule has 0 atom stereocenters. The van der Waals surface area contributed by atoms with Gasteiger partial charge in [0.05, 0.1) is 12.7 Å². The predicted molar refractivity (Wildman–Crippen MR) is 86.0 cm³/mol. The number of aromatic amines is 1. The molecule has 4 nitrogen and oxygen atoms in total. The van der Waals surface area contributed by atoms with Crippen LogP contribution in [0.4, 0.5) is 0 Å². The molecule has 0 saturated heterocycles. The van der Waals surface area contributed by atoms with Crippen molar-refractivity contribution in [3.63, 3.8) is 0 Å². The maximum atomic E-state index is 11.9. The average Bonchev–Trinajstić information content (AvgIpc) is 2.90. The Balaban J connectivity index is 1.84. The van der Waals surface area contributed by atoms with Crippen molar-refractivity contribution < 1.29 is 9.53 Å². The number of hydrogen-bond donors (Lipinski definition) is 2. The molecule has 2 N–H and O–H groups in total.